The minimum Gasteiger partial charge on any atom is -0.330 e. The molecule has 1 aromatic rings. The van der Waals surface area contributed by atoms with Crippen LogP contribution < -0.4 is 5.73 Å². The Hall–Kier alpha value is -1.03. The van der Waals surface area contributed by atoms with Gasteiger partial charge in [0.2, 0.25) is 5.95 Å². The maximum absolute atomic E-state index is 12.4. The molecule has 1 rings (SSSR count). The second-order valence-corrected chi connectivity index (χ2v) is 2.14. The summed E-state index contributed by atoms with van der Waals surface area (Å²) in [6.07, 6.45) is 0.397. The molecule has 0 spiro atoms. The van der Waals surface area contributed by atoms with Gasteiger partial charge in [0, 0.05) is 18.2 Å². The highest BCUT2D eigenvalue weighted by atomic mass is 19.1. The van der Waals surface area contributed by atoms with Crippen LogP contribution in [0.2, 0.25) is 0 Å². The van der Waals surface area contributed by atoms with Crippen LogP contribution in [0, 0.1) is 11.8 Å². The van der Waals surface area contributed by atoms with Crippen LogP contribution in [0.15, 0.2) is 12.1 Å². The van der Waals surface area contributed by atoms with Crippen molar-refractivity contribution in [2.24, 2.45) is 5.73 Å². The van der Waals surface area contributed by atoms with E-state index in [4.69, 9.17) is 5.73 Å². The molecule has 2 N–H and O–H groups in total. The van der Waals surface area contributed by atoms with Gasteiger partial charge in [-0.15, -0.1) is 0 Å². The SMILES string of the molecule is NCCc1cc(F)cc(F)n1. The molecule has 1 heterocycles. The van der Waals surface area contributed by atoms with Crippen LogP contribution in [0.1, 0.15) is 5.69 Å². The molecule has 0 aromatic carbocycles. The first-order valence-corrected chi connectivity index (χ1v) is 3.24. The number of aromatic nitrogens is 1. The van der Waals surface area contributed by atoms with Crippen molar-refractivity contribution in [2.45, 2.75) is 6.42 Å². The number of pyridine rings is 1. The second-order valence-electron chi connectivity index (χ2n) is 2.14. The number of rotatable bonds is 2. The third-order valence-corrected chi connectivity index (χ3v) is 1.21. The monoisotopic (exact) mass is 158 g/mol. The van der Waals surface area contributed by atoms with Gasteiger partial charge in [0.15, 0.2) is 0 Å². The van der Waals surface area contributed by atoms with Crippen LogP contribution in [0.5, 0.6) is 0 Å². The minimum atomic E-state index is -0.798. The number of nitrogens with two attached hydrogens (primary N) is 1. The minimum absolute atomic E-state index is 0.343. The molecule has 0 aliphatic heterocycles. The van der Waals surface area contributed by atoms with Gasteiger partial charge in [-0.2, -0.15) is 4.39 Å². The van der Waals surface area contributed by atoms with Crippen molar-refractivity contribution in [3.8, 4) is 0 Å². The van der Waals surface area contributed by atoms with E-state index in [9.17, 15) is 8.78 Å². The Kier molecular flexibility index (Phi) is 2.48. The lowest BCUT2D eigenvalue weighted by Crippen LogP contribution is -2.05. The predicted octanol–water partition coefficient (Wildman–Crippen LogP) is 0.861. The lowest BCUT2D eigenvalue weighted by molar-refractivity contribution is 0.544. The first kappa shape index (κ1) is 8.07. The number of hydrogen-bond acceptors (Lipinski definition) is 2. The van der Waals surface area contributed by atoms with Gasteiger partial charge in [-0.1, -0.05) is 0 Å². The number of nitrogens with zero attached hydrogens (tertiary/aromatic N) is 1. The third kappa shape index (κ3) is 2.23. The summed E-state index contributed by atoms with van der Waals surface area (Å²) in [6.45, 7) is 0.343. The van der Waals surface area contributed by atoms with Crippen molar-refractivity contribution < 1.29 is 8.78 Å². The summed E-state index contributed by atoms with van der Waals surface area (Å²) in [5.74, 6) is -1.41. The maximum Gasteiger partial charge on any atom is 0.215 e. The molecule has 60 valence electrons. The number of hydrogen-bond donors (Lipinski definition) is 1. The standard InChI is InChI=1S/C7H8F2N2/c8-5-3-6(1-2-10)11-7(9)4-5/h3-4H,1-2,10H2. The summed E-state index contributed by atoms with van der Waals surface area (Å²) in [6, 6.07) is 1.91. The summed E-state index contributed by atoms with van der Waals surface area (Å²) in [5.41, 5.74) is 5.53. The van der Waals surface area contributed by atoms with Gasteiger partial charge in [0.1, 0.15) is 5.82 Å². The molecule has 0 radical (unpaired) electrons. The first-order valence-electron chi connectivity index (χ1n) is 3.24. The molecule has 0 aliphatic carbocycles. The molecule has 1 aromatic heterocycles. The lowest BCUT2D eigenvalue weighted by atomic mass is 10.3. The highest BCUT2D eigenvalue weighted by Crippen LogP contribution is 2.03. The van der Waals surface area contributed by atoms with Crippen LogP contribution in [-0.4, -0.2) is 11.5 Å². The summed E-state index contributed by atoms with van der Waals surface area (Å²) in [4.78, 5) is 3.44. The van der Waals surface area contributed by atoms with Crippen molar-refractivity contribution in [2.75, 3.05) is 6.54 Å². The third-order valence-electron chi connectivity index (χ3n) is 1.21. The van der Waals surface area contributed by atoms with Gasteiger partial charge < -0.3 is 5.73 Å². The molecular formula is C7H8F2N2. The molecule has 0 aliphatic rings. The summed E-state index contributed by atoms with van der Waals surface area (Å²) < 4.78 is 24.8. The Morgan fingerprint density at radius 1 is 1.36 bits per heavy atom. The van der Waals surface area contributed by atoms with E-state index < -0.39 is 11.8 Å². The topological polar surface area (TPSA) is 38.9 Å². The van der Waals surface area contributed by atoms with Gasteiger partial charge in [-0.3, -0.25) is 0 Å². The average molecular weight is 158 g/mol. The van der Waals surface area contributed by atoms with E-state index in [2.05, 4.69) is 4.98 Å². The fourth-order valence-electron chi connectivity index (χ4n) is 0.792. The molecule has 0 amide bonds. The van der Waals surface area contributed by atoms with Crippen molar-refractivity contribution in [1.29, 1.82) is 0 Å². The Labute approximate surface area is 63.1 Å². The van der Waals surface area contributed by atoms with Crippen molar-refractivity contribution >= 4 is 0 Å². The maximum atomic E-state index is 12.4. The normalized spacial score (nSPS) is 10.1. The van der Waals surface area contributed by atoms with E-state index in [1.165, 1.54) is 6.07 Å². The van der Waals surface area contributed by atoms with Crippen LogP contribution in [0.25, 0.3) is 0 Å². The first-order chi connectivity index (χ1) is 5.22. The summed E-state index contributed by atoms with van der Waals surface area (Å²) >= 11 is 0. The zero-order valence-corrected chi connectivity index (χ0v) is 5.85. The largest absolute Gasteiger partial charge is 0.330 e. The van der Waals surface area contributed by atoms with E-state index in [0.717, 1.165) is 6.07 Å². The Bertz CT molecular complexity index is 230. The summed E-state index contributed by atoms with van der Waals surface area (Å²) in [7, 11) is 0. The molecule has 0 atom stereocenters. The highest BCUT2D eigenvalue weighted by Gasteiger charge is 1.99. The molecule has 2 nitrogen and oxygen atoms in total. The predicted molar refractivity (Wildman–Crippen MR) is 36.9 cm³/mol. The van der Waals surface area contributed by atoms with Crippen LogP contribution in [0.4, 0.5) is 8.78 Å². The summed E-state index contributed by atoms with van der Waals surface area (Å²) in [5, 5.41) is 0. The molecular weight excluding hydrogens is 150 g/mol. The van der Waals surface area contributed by atoms with Gasteiger partial charge in [-0.05, 0) is 12.6 Å². The average Bonchev–Trinajstić information content (AvgIpc) is 1.85. The van der Waals surface area contributed by atoms with E-state index >= 15 is 0 Å². The smallest absolute Gasteiger partial charge is 0.215 e. The Morgan fingerprint density at radius 2 is 2.09 bits per heavy atom. The van der Waals surface area contributed by atoms with Gasteiger partial charge in [0.05, 0.1) is 0 Å². The van der Waals surface area contributed by atoms with Crippen molar-refractivity contribution in [3.63, 3.8) is 0 Å². The van der Waals surface area contributed by atoms with Gasteiger partial charge >= 0.3 is 0 Å². The van der Waals surface area contributed by atoms with Crippen LogP contribution in [-0.2, 0) is 6.42 Å². The Balaban J connectivity index is 2.89. The molecule has 0 bridgehead atoms. The quantitative estimate of drug-likeness (QED) is 0.648. The Morgan fingerprint density at radius 3 is 2.64 bits per heavy atom. The van der Waals surface area contributed by atoms with Gasteiger partial charge in [-0.25, -0.2) is 9.37 Å². The molecule has 11 heavy (non-hydrogen) atoms. The van der Waals surface area contributed by atoms with Crippen LogP contribution in [0.3, 0.4) is 0 Å². The second kappa shape index (κ2) is 3.39. The van der Waals surface area contributed by atoms with Crippen molar-refractivity contribution in [1.82, 2.24) is 4.98 Å². The van der Waals surface area contributed by atoms with Crippen LogP contribution >= 0.6 is 0 Å². The fraction of sp³-hybridized carbons (Fsp3) is 0.286. The van der Waals surface area contributed by atoms with Gasteiger partial charge in [0.25, 0.3) is 0 Å². The molecule has 4 heteroatoms. The molecule has 0 unspecified atom stereocenters. The molecule has 0 saturated heterocycles. The zero-order chi connectivity index (χ0) is 8.27. The van der Waals surface area contributed by atoms with Crippen molar-refractivity contribution in [3.05, 3.63) is 29.6 Å². The van der Waals surface area contributed by atoms with E-state index in [1.54, 1.807) is 0 Å². The zero-order valence-electron chi connectivity index (χ0n) is 5.85. The molecule has 0 saturated carbocycles. The van der Waals surface area contributed by atoms with E-state index in [-0.39, 0.29) is 0 Å². The molecule has 0 fully saturated rings. The number of halogens is 2. The fourth-order valence-corrected chi connectivity index (χ4v) is 0.792. The van der Waals surface area contributed by atoms with E-state index in [0.29, 0.717) is 18.7 Å². The lowest BCUT2D eigenvalue weighted by Gasteiger charge is -1.97. The van der Waals surface area contributed by atoms with E-state index in [1.807, 2.05) is 0 Å². The highest BCUT2D eigenvalue weighted by molar-refractivity contribution is 5.07.